The van der Waals surface area contributed by atoms with Crippen molar-refractivity contribution in [2.45, 2.75) is 53.0 Å². The summed E-state index contributed by atoms with van der Waals surface area (Å²) in [6.45, 7) is 7.95. The molecule has 7 nitrogen and oxygen atoms in total. The maximum atomic E-state index is 11.9. The maximum Gasteiger partial charge on any atom is 0.321 e. The smallest absolute Gasteiger partial charge is 0.321 e. The molecule has 0 aromatic carbocycles. The van der Waals surface area contributed by atoms with Gasteiger partial charge in [-0.05, 0) is 18.3 Å². The molecule has 21 heavy (non-hydrogen) atoms. The zero-order valence-corrected chi connectivity index (χ0v) is 13.6. The molecule has 3 N–H and O–H groups in total. The van der Waals surface area contributed by atoms with Gasteiger partial charge in [0.25, 0.3) is 0 Å². The number of rotatable bonds is 6. The third-order valence-electron chi connectivity index (χ3n) is 2.60. The average Bonchev–Trinajstić information content (AvgIpc) is 2.72. The number of nitrogens with zero attached hydrogens (tertiary/aromatic N) is 2. The van der Waals surface area contributed by atoms with Crippen LogP contribution in [-0.2, 0) is 11.2 Å². The number of nitrogens with one attached hydrogen (secondary N) is 2. The quantitative estimate of drug-likeness (QED) is 0.748. The zero-order chi connectivity index (χ0) is 16.0. The summed E-state index contributed by atoms with van der Waals surface area (Å²) < 4.78 is 0. The van der Waals surface area contributed by atoms with E-state index in [-0.39, 0.29) is 11.8 Å². The molecule has 118 valence electrons. The molecule has 0 aliphatic rings. The summed E-state index contributed by atoms with van der Waals surface area (Å²) in [5.74, 6) is -0.936. The van der Waals surface area contributed by atoms with Crippen molar-refractivity contribution in [1.82, 2.24) is 15.5 Å². The fourth-order valence-corrected chi connectivity index (χ4v) is 2.56. The van der Waals surface area contributed by atoms with Gasteiger partial charge in [-0.3, -0.25) is 10.1 Å². The number of carboxylic acid groups (broad SMARTS) is 1. The summed E-state index contributed by atoms with van der Waals surface area (Å²) in [6, 6.07) is -0.884. The minimum absolute atomic E-state index is 0.0779. The summed E-state index contributed by atoms with van der Waals surface area (Å²) in [6.07, 6.45) is 1.22. The van der Waals surface area contributed by atoms with Crippen molar-refractivity contribution < 1.29 is 14.7 Å². The molecule has 0 saturated heterocycles. The van der Waals surface area contributed by atoms with Gasteiger partial charge in [0.2, 0.25) is 5.13 Å². The lowest BCUT2D eigenvalue weighted by molar-refractivity contribution is -0.137. The van der Waals surface area contributed by atoms with Crippen LogP contribution in [0.2, 0.25) is 0 Å². The Labute approximate surface area is 128 Å². The molecule has 0 radical (unpaired) electrons. The van der Waals surface area contributed by atoms with Crippen LogP contribution >= 0.6 is 11.3 Å². The summed E-state index contributed by atoms with van der Waals surface area (Å²) in [7, 11) is 0. The first-order valence-electron chi connectivity index (χ1n) is 6.81. The number of anilines is 1. The van der Waals surface area contributed by atoms with Gasteiger partial charge in [0.05, 0.1) is 6.42 Å². The van der Waals surface area contributed by atoms with Crippen molar-refractivity contribution in [3.63, 3.8) is 0 Å². The van der Waals surface area contributed by atoms with Crippen LogP contribution in [0.4, 0.5) is 9.93 Å². The van der Waals surface area contributed by atoms with Crippen LogP contribution in [0.1, 0.15) is 45.5 Å². The normalized spacial score (nSPS) is 12.8. The summed E-state index contributed by atoms with van der Waals surface area (Å²) in [4.78, 5) is 22.8. The molecule has 1 unspecified atom stereocenters. The van der Waals surface area contributed by atoms with Gasteiger partial charge in [-0.25, -0.2) is 4.79 Å². The van der Waals surface area contributed by atoms with E-state index in [0.29, 0.717) is 11.6 Å². The fourth-order valence-electron chi connectivity index (χ4n) is 1.89. The predicted octanol–water partition coefficient (Wildman–Crippen LogP) is 2.50. The first kappa shape index (κ1) is 17.4. The van der Waals surface area contributed by atoms with Gasteiger partial charge in [0.1, 0.15) is 5.01 Å². The number of aliphatic carboxylic acids is 1. The van der Waals surface area contributed by atoms with Gasteiger partial charge in [-0.15, -0.1) is 10.2 Å². The second-order valence-corrected chi connectivity index (χ2v) is 7.07. The van der Waals surface area contributed by atoms with Crippen molar-refractivity contribution in [2.24, 2.45) is 5.41 Å². The molecule has 2 amide bonds. The van der Waals surface area contributed by atoms with E-state index in [1.807, 2.05) is 27.7 Å². The molecular weight excluding hydrogens is 292 g/mol. The number of carbonyl (C=O) groups excluding carboxylic acids is 1. The Morgan fingerprint density at radius 1 is 1.33 bits per heavy atom. The van der Waals surface area contributed by atoms with Gasteiger partial charge in [0, 0.05) is 6.04 Å². The van der Waals surface area contributed by atoms with Gasteiger partial charge in [-0.1, -0.05) is 39.0 Å². The first-order chi connectivity index (χ1) is 9.69. The highest BCUT2D eigenvalue weighted by Crippen LogP contribution is 2.22. The lowest BCUT2D eigenvalue weighted by Crippen LogP contribution is -2.41. The Bertz CT molecular complexity index is 496. The molecule has 0 saturated carbocycles. The van der Waals surface area contributed by atoms with Crippen LogP contribution in [0, 0.1) is 5.41 Å². The standard InChI is InChI=1S/C13H22N4O3S/c1-5-9-16-17-12(21-9)15-11(20)14-8(6-10(18)19)7-13(2,3)4/h8H,5-7H2,1-4H3,(H,18,19)(H2,14,15,17,20). The Hall–Kier alpha value is -1.70. The maximum absolute atomic E-state index is 11.9. The molecule has 8 heteroatoms. The molecule has 0 bridgehead atoms. The van der Waals surface area contributed by atoms with Crippen LogP contribution in [0.15, 0.2) is 0 Å². The number of urea groups is 1. The largest absolute Gasteiger partial charge is 0.481 e. The topological polar surface area (TPSA) is 104 Å². The van der Waals surface area contributed by atoms with E-state index in [0.717, 1.165) is 11.4 Å². The Kier molecular flexibility index (Phi) is 6.07. The Morgan fingerprint density at radius 2 is 2.00 bits per heavy atom. The van der Waals surface area contributed by atoms with E-state index < -0.39 is 18.0 Å². The highest BCUT2D eigenvalue weighted by molar-refractivity contribution is 7.15. The minimum atomic E-state index is -0.936. The highest BCUT2D eigenvalue weighted by Gasteiger charge is 2.23. The first-order valence-corrected chi connectivity index (χ1v) is 7.63. The zero-order valence-electron chi connectivity index (χ0n) is 12.8. The Balaban J connectivity index is 2.60. The molecule has 1 aromatic rings. The number of amides is 2. The molecular formula is C13H22N4O3S. The highest BCUT2D eigenvalue weighted by atomic mass is 32.1. The summed E-state index contributed by atoms with van der Waals surface area (Å²) in [5, 5.41) is 23.2. The van der Waals surface area contributed by atoms with Crippen LogP contribution in [-0.4, -0.2) is 33.3 Å². The van der Waals surface area contributed by atoms with Crippen LogP contribution in [0.25, 0.3) is 0 Å². The van der Waals surface area contributed by atoms with E-state index in [1.165, 1.54) is 11.3 Å². The number of aromatic nitrogens is 2. The SMILES string of the molecule is CCc1nnc(NC(=O)NC(CC(=O)O)CC(C)(C)C)s1. The molecule has 0 aliphatic heterocycles. The van der Waals surface area contributed by atoms with Crippen molar-refractivity contribution in [2.75, 3.05) is 5.32 Å². The molecule has 1 heterocycles. The molecule has 1 atom stereocenters. The van der Waals surface area contributed by atoms with E-state index in [2.05, 4.69) is 20.8 Å². The van der Waals surface area contributed by atoms with E-state index in [1.54, 1.807) is 0 Å². The second kappa shape index (κ2) is 7.35. The molecule has 0 fully saturated rings. The third kappa shape index (κ3) is 7.03. The number of carbonyl (C=O) groups is 2. The van der Waals surface area contributed by atoms with Crippen molar-refractivity contribution in [1.29, 1.82) is 0 Å². The van der Waals surface area contributed by atoms with Crippen molar-refractivity contribution in [3.05, 3.63) is 5.01 Å². The van der Waals surface area contributed by atoms with Crippen LogP contribution in [0.3, 0.4) is 0 Å². The number of hydrogen-bond acceptors (Lipinski definition) is 5. The summed E-state index contributed by atoms with van der Waals surface area (Å²) in [5.41, 5.74) is -0.0779. The van der Waals surface area contributed by atoms with Crippen LogP contribution in [0.5, 0.6) is 0 Å². The molecule has 0 spiro atoms. The lowest BCUT2D eigenvalue weighted by atomic mass is 9.87. The monoisotopic (exact) mass is 314 g/mol. The molecule has 1 aromatic heterocycles. The van der Waals surface area contributed by atoms with Crippen LogP contribution < -0.4 is 10.6 Å². The summed E-state index contributed by atoms with van der Waals surface area (Å²) >= 11 is 1.30. The van der Waals surface area contributed by atoms with E-state index in [9.17, 15) is 9.59 Å². The molecule has 1 rings (SSSR count). The van der Waals surface area contributed by atoms with Gasteiger partial charge in [0.15, 0.2) is 0 Å². The lowest BCUT2D eigenvalue weighted by Gasteiger charge is -2.25. The third-order valence-corrected chi connectivity index (χ3v) is 3.59. The predicted molar refractivity (Wildman–Crippen MR) is 81.6 cm³/mol. The van der Waals surface area contributed by atoms with E-state index >= 15 is 0 Å². The number of hydrogen-bond donors (Lipinski definition) is 3. The Morgan fingerprint density at radius 3 is 2.48 bits per heavy atom. The van der Waals surface area contributed by atoms with Gasteiger partial charge < -0.3 is 10.4 Å². The van der Waals surface area contributed by atoms with Crippen molar-refractivity contribution >= 4 is 28.5 Å². The van der Waals surface area contributed by atoms with Gasteiger partial charge in [-0.2, -0.15) is 0 Å². The number of aryl methyl sites for hydroxylation is 1. The molecule has 0 aliphatic carbocycles. The van der Waals surface area contributed by atoms with Crippen molar-refractivity contribution in [3.8, 4) is 0 Å². The number of carboxylic acids is 1. The minimum Gasteiger partial charge on any atom is -0.481 e. The second-order valence-electron chi connectivity index (χ2n) is 6.01. The van der Waals surface area contributed by atoms with Gasteiger partial charge >= 0.3 is 12.0 Å². The van der Waals surface area contributed by atoms with E-state index in [4.69, 9.17) is 5.11 Å². The fraction of sp³-hybridized carbons (Fsp3) is 0.692. The average molecular weight is 314 g/mol.